The molecular formula is C11H17N9O. The van der Waals surface area contributed by atoms with Gasteiger partial charge >= 0.3 is 0 Å². The maximum atomic E-state index is 5.41. The highest BCUT2D eigenvalue weighted by Crippen LogP contribution is 2.18. The third-order valence-electron chi connectivity index (χ3n) is 3.17. The first-order valence-corrected chi connectivity index (χ1v) is 6.82. The van der Waals surface area contributed by atoms with Crippen molar-refractivity contribution < 1.29 is 4.52 Å². The maximum Gasteiger partial charge on any atom is 0.243 e. The lowest BCUT2D eigenvalue weighted by Gasteiger charge is -2.16. The minimum absolute atomic E-state index is 0.340. The van der Waals surface area contributed by atoms with Crippen LogP contribution in [0.3, 0.4) is 0 Å². The molecule has 0 radical (unpaired) electrons. The van der Waals surface area contributed by atoms with Crippen molar-refractivity contribution in [1.29, 1.82) is 0 Å². The van der Waals surface area contributed by atoms with Gasteiger partial charge in [0.15, 0.2) is 6.33 Å². The van der Waals surface area contributed by atoms with Gasteiger partial charge in [0, 0.05) is 26.1 Å². The number of nitrogens with two attached hydrogens (primary N) is 1. The highest BCUT2D eigenvalue weighted by atomic mass is 16.5. The SMILES string of the molecule is NNc1nc(NCCc2ncno2)nc(N2CCCC2)n1. The molecule has 0 atom stereocenters. The Hall–Kier alpha value is -2.49. The summed E-state index contributed by atoms with van der Waals surface area (Å²) in [6.07, 6.45) is 4.27. The minimum Gasteiger partial charge on any atom is -0.354 e. The van der Waals surface area contributed by atoms with Crippen molar-refractivity contribution in [3.05, 3.63) is 12.2 Å². The quantitative estimate of drug-likeness (QED) is 0.485. The van der Waals surface area contributed by atoms with E-state index in [2.05, 4.69) is 40.7 Å². The Labute approximate surface area is 121 Å². The number of hydrogen-bond donors (Lipinski definition) is 3. The van der Waals surface area contributed by atoms with Crippen molar-refractivity contribution in [3.63, 3.8) is 0 Å². The van der Waals surface area contributed by atoms with Gasteiger partial charge in [0.2, 0.25) is 23.7 Å². The average molecular weight is 291 g/mol. The minimum atomic E-state index is 0.340. The van der Waals surface area contributed by atoms with Crippen LogP contribution in [0.5, 0.6) is 0 Å². The van der Waals surface area contributed by atoms with Gasteiger partial charge in [-0.15, -0.1) is 0 Å². The Morgan fingerprint density at radius 2 is 2.00 bits per heavy atom. The van der Waals surface area contributed by atoms with E-state index in [0.29, 0.717) is 36.7 Å². The molecule has 10 nitrogen and oxygen atoms in total. The van der Waals surface area contributed by atoms with Gasteiger partial charge in [-0.1, -0.05) is 5.16 Å². The van der Waals surface area contributed by atoms with Crippen LogP contribution in [0.4, 0.5) is 17.8 Å². The number of nitrogen functional groups attached to an aromatic ring is 1. The van der Waals surface area contributed by atoms with E-state index >= 15 is 0 Å². The van der Waals surface area contributed by atoms with E-state index < -0.39 is 0 Å². The molecule has 0 amide bonds. The molecule has 1 aliphatic rings. The first kappa shape index (κ1) is 13.5. The van der Waals surface area contributed by atoms with E-state index in [9.17, 15) is 0 Å². The van der Waals surface area contributed by atoms with Crippen LogP contribution >= 0.6 is 0 Å². The molecule has 2 aromatic heterocycles. The Balaban J connectivity index is 1.66. The monoisotopic (exact) mass is 291 g/mol. The Kier molecular flexibility index (Phi) is 4.05. The van der Waals surface area contributed by atoms with E-state index in [4.69, 9.17) is 10.4 Å². The van der Waals surface area contributed by atoms with E-state index in [1.165, 1.54) is 6.33 Å². The molecule has 2 aromatic rings. The van der Waals surface area contributed by atoms with Crippen LogP contribution in [0.25, 0.3) is 0 Å². The lowest BCUT2D eigenvalue weighted by molar-refractivity contribution is 0.379. The van der Waals surface area contributed by atoms with Gasteiger partial charge < -0.3 is 14.7 Å². The highest BCUT2D eigenvalue weighted by Gasteiger charge is 2.17. The van der Waals surface area contributed by atoms with Crippen molar-refractivity contribution in [2.45, 2.75) is 19.3 Å². The average Bonchev–Trinajstić information content (AvgIpc) is 3.20. The summed E-state index contributed by atoms with van der Waals surface area (Å²) in [7, 11) is 0. The zero-order valence-electron chi connectivity index (χ0n) is 11.5. The highest BCUT2D eigenvalue weighted by molar-refractivity contribution is 5.43. The van der Waals surface area contributed by atoms with Gasteiger partial charge in [0.1, 0.15) is 0 Å². The summed E-state index contributed by atoms with van der Waals surface area (Å²) in [5.41, 5.74) is 2.47. The van der Waals surface area contributed by atoms with Crippen molar-refractivity contribution >= 4 is 17.8 Å². The first-order chi connectivity index (χ1) is 10.3. The number of anilines is 3. The maximum absolute atomic E-state index is 5.41. The number of nitrogens with zero attached hydrogens (tertiary/aromatic N) is 6. The molecule has 21 heavy (non-hydrogen) atoms. The molecule has 0 aliphatic carbocycles. The Bertz CT molecular complexity index is 567. The normalized spacial score (nSPS) is 14.4. The van der Waals surface area contributed by atoms with Crippen LogP contribution in [0.15, 0.2) is 10.9 Å². The summed E-state index contributed by atoms with van der Waals surface area (Å²) in [5, 5.41) is 6.66. The molecule has 1 aliphatic heterocycles. The van der Waals surface area contributed by atoms with Crippen LogP contribution < -0.4 is 21.5 Å². The fourth-order valence-electron chi connectivity index (χ4n) is 2.15. The molecule has 4 N–H and O–H groups in total. The van der Waals surface area contributed by atoms with Gasteiger partial charge in [-0.2, -0.15) is 19.9 Å². The lowest BCUT2D eigenvalue weighted by Crippen LogP contribution is -2.23. The number of rotatable bonds is 6. The van der Waals surface area contributed by atoms with Gasteiger partial charge in [-0.05, 0) is 12.8 Å². The van der Waals surface area contributed by atoms with Gasteiger partial charge in [0.25, 0.3) is 0 Å². The molecule has 3 heterocycles. The number of hydrogen-bond acceptors (Lipinski definition) is 10. The second kappa shape index (κ2) is 6.31. The van der Waals surface area contributed by atoms with Crippen LogP contribution in [0.1, 0.15) is 18.7 Å². The molecule has 0 spiro atoms. The molecule has 0 unspecified atom stereocenters. The lowest BCUT2D eigenvalue weighted by atomic mass is 10.4. The molecular weight excluding hydrogens is 274 g/mol. The standard InChI is InChI=1S/C11H17N9O/c12-19-10-16-9(13-4-3-8-14-7-15-21-8)17-11(18-10)20-5-1-2-6-20/h7H,1-6,12H2,(H2,13,16,17,18,19). The van der Waals surface area contributed by atoms with E-state index in [1.807, 2.05) is 0 Å². The van der Waals surface area contributed by atoms with Crippen LogP contribution in [0, 0.1) is 0 Å². The number of hydrazine groups is 1. The van der Waals surface area contributed by atoms with Crippen LogP contribution in [-0.4, -0.2) is 44.7 Å². The third-order valence-corrected chi connectivity index (χ3v) is 3.17. The number of aromatic nitrogens is 5. The van der Waals surface area contributed by atoms with Crippen LogP contribution in [-0.2, 0) is 6.42 Å². The van der Waals surface area contributed by atoms with Crippen molar-refractivity contribution in [2.24, 2.45) is 5.84 Å². The molecule has 1 fully saturated rings. The summed E-state index contributed by atoms with van der Waals surface area (Å²) in [5.74, 6) is 7.42. The topological polar surface area (TPSA) is 131 Å². The van der Waals surface area contributed by atoms with Crippen molar-refractivity contribution in [2.75, 3.05) is 35.3 Å². The van der Waals surface area contributed by atoms with Crippen molar-refractivity contribution in [1.82, 2.24) is 25.1 Å². The Morgan fingerprint density at radius 1 is 1.19 bits per heavy atom. The largest absolute Gasteiger partial charge is 0.354 e. The fraction of sp³-hybridized carbons (Fsp3) is 0.545. The zero-order chi connectivity index (χ0) is 14.5. The van der Waals surface area contributed by atoms with E-state index in [-0.39, 0.29) is 0 Å². The number of nitrogens with one attached hydrogen (secondary N) is 2. The van der Waals surface area contributed by atoms with Crippen molar-refractivity contribution in [3.8, 4) is 0 Å². The fourth-order valence-corrected chi connectivity index (χ4v) is 2.15. The summed E-state index contributed by atoms with van der Waals surface area (Å²) in [6, 6.07) is 0. The molecule has 112 valence electrons. The molecule has 0 saturated carbocycles. The third kappa shape index (κ3) is 3.34. The van der Waals surface area contributed by atoms with Crippen LogP contribution in [0.2, 0.25) is 0 Å². The summed E-state index contributed by atoms with van der Waals surface area (Å²) >= 11 is 0. The second-order valence-electron chi connectivity index (χ2n) is 4.63. The van der Waals surface area contributed by atoms with Gasteiger partial charge in [-0.25, -0.2) is 5.84 Å². The van der Waals surface area contributed by atoms with Gasteiger partial charge in [0.05, 0.1) is 0 Å². The predicted molar refractivity (Wildman–Crippen MR) is 75.6 cm³/mol. The van der Waals surface area contributed by atoms with E-state index in [1.54, 1.807) is 0 Å². The molecule has 0 bridgehead atoms. The molecule has 3 rings (SSSR count). The summed E-state index contributed by atoms with van der Waals surface area (Å²) < 4.78 is 4.93. The predicted octanol–water partition coefficient (Wildman–Crippen LogP) is -0.205. The molecule has 10 heteroatoms. The molecule has 0 aromatic carbocycles. The zero-order valence-corrected chi connectivity index (χ0v) is 11.5. The summed E-state index contributed by atoms with van der Waals surface area (Å²) in [6.45, 7) is 2.49. The summed E-state index contributed by atoms with van der Waals surface area (Å²) in [4.78, 5) is 18.9. The first-order valence-electron chi connectivity index (χ1n) is 6.82. The second-order valence-corrected chi connectivity index (χ2v) is 4.63. The molecule has 1 saturated heterocycles. The van der Waals surface area contributed by atoms with E-state index in [0.717, 1.165) is 25.9 Å². The van der Waals surface area contributed by atoms with Gasteiger partial charge in [-0.3, -0.25) is 5.43 Å². The Morgan fingerprint density at radius 3 is 2.71 bits per heavy atom. The smallest absolute Gasteiger partial charge is 0.243 e.